The second-order valence-corrected chi connectivity index (χ2v) is 10.6. The van der Waals surface area contributed by atoms with E-state index in [1.165, 1.54) is 5.56 Å². The van der Waals surface area contributed by atoms with Crippen LogP contribution in [-0.2, 0) is 23.0 Å². The van der Waals surface area contributed by atoms with Crippen molar-refractivity contribution in [3.8, 4) is 0 Å². The van der Waals surface area contributed by atoms with Crippen molar-refractivity contribution in [1.29, 1.82) is 0 Å². The van der Waals surface area contributed by atoms with Crippen molar-refractivity contribution in [2.75, 3.05) is 18.3 Å². The lowest BCUT2D eigenvalue weighted by molar-refractivity contribution is 0.332. The molecule has 2 aromatic carbocycles. The van der Waals surface area contributed by atoms with Crippen LogP contribution >= 0.6 is 0 Å². The van der Waals surface area contributed by atoms with Gasteiger partial charge in [0.1, 0.15) is 17.7 Å². The van der Waals surface area contributed by atoms with Gasteiger partial charge in [0.2, 0.25) is 10.0 Å². The fourth-order valence-corrected chi connectivity index (χ4v) is 4.49. The standard InChI is InChI=1S/C24H28N4O3S/c1-16(2)32(29,30)27-19-8-9-24-21(12-19)20(17(3)31-24)10-11-28(4)14-18-6-5-7-23-22(18)13-25-15-26-23/h5-9,12-13,15-16,27H,10-11,14H2,1-4H3. The SMILES string of the molecule is Cc1oc2ccc(NS(=O)(=O)C(C)C)cc2c1CCN(C)Cc1cccc2ncncc12. The monoisotopic (exact) mass is 452 g/mol. The number of likely N-dealkylation sites (N-methyl/N-ethyl adjacent to an activating group) is 1. The summed E-state index contributed by atoms with van der Waals surface area (Å²) in [6.07, 6.45) is 4.22. The van der Waals surface area contributed by atoms with Gasteiger partial charge in [0.25, 0.3) is 0 Å². The van der Waals surface area contributed by atoms with E-state index in [-0.39, 0.29) is 0 Å². The van der Waals surface area contributed by atoms with Gasteiger partial charge in [-0.3, -0.25) is 4.72 Å². The topological polar surface area (TPSA) is 88.3 Å². The normalized spacial score (nSPS) is 12.3. The summed E-state index contributed by atoms with van der Waals surface area (Å²) in [4.78, 5) is 10.8. The molecule has 0 radical (unpaired) electrons. The molecule has 32 heavy (non-hydrogen) atoms. The Kier molecular flexibility index (Phi) is 6.17. The average Bonchev–Trinajstić information content (AvgIpc) is 3.06. The van der Waals surface area contributed by atoms with Crippen molar-refractivity contribution in [2.24, 2.45) is 0 Å². The first-order chi connectivity index (χ1) is 15.2. The molecular weight excluding hydrogens is 424 g/mol. The Balaban J connectivity index is 1.52. The number of nitrogens with one attached hydrogen (secondary N) is 1. The molecule has 2 heterocycles. The third-order valence-electron chi connectivity index (χ3n) is 5.70. The number of benzene rings is 2. The number of nitrogens with zero attached hydrogens (tertiary/aromatic N) is 3. The van der Waals surface area contributed by atoms with Crippen molar-refractivity contribution in [2.45, 2.75) is 39.0 Å². The van der Waals surface area contributed by atoms with Crippen LogP contribution in [0.2, 0.25) is 0 Å². The molecule has 1 N–H and O–H groups in total. The second kappa shape index (κ2) is 8.88. The predicted molar refractivity (Wildman–Crippen MR) is 128 cm³/mol. The number of furan rings is 1. The van der Waals surface area contributed by atoms with E-state index in [0.29, 0.717) is 5.69 Å². The minimum atomic E-state index is -3.40. The highest BCUT2D eigenvalue weighted by molar-refractivity contribution is 7.93. The molecule has 0 aliphatic carbocycles. The Morgan fingerprint density at radius 1 is 1.16 bits per heavy atom. The molecule has 0 unspecified atom stereocenters. The Hall–Kier alpha value is -2.97. The third-order valence-corrected chi connectivity index (χ3v) is 7.46. The summed E-state index contributed by atoms with van der Waals surface area (Å²) in [5.41, 5.74) is 4.54. The summed E-state index contributed by atoms with van der Waals surface area (Å²) in [7, 11) is -1.32. The van der Waals surface area contributed by atoms with E-state index in [2.05, 4.69) is 32.7 Å². The highest BCUT2D eigenvalue weighted by Gasteiger charge is 2.18. The summed E-state index contributed by atoms with van der Waals surface area (Å²) in [5.74, 6) is 0.857. The lowest BCUT2D eigenvalue weighted by Crippen LogP contribution is -2.22. The van der Waals surface area contributed by atoms with Gasteiger partial charge in [-0.25, -0.2) is 18.4 Å². The lowest BCUT2D eigenvalue weighted by atomic mass is 10.1. The van der Waals surface area contributed by atoms with Crippen LogP contribution < -0.4 is 4.72 Å². The zero-order valence-electron chi connectivity index (χ0n) is 18.8. The van der Waals surface area contributed by atoms with Crippen molar-refractivity contribution >= 4 is 37.6 Å². The lowest BCUT2D eigenvalue weighted by Gasteiger charge is -2.17. The third kappa shape index (κ3) is 4.61. The van der Waals surface area contributed by atoms with Gasteiger partial charge in [-0.15, -0.1) is 0 Å². The van der Waals surface area contributed by atoms with Crippen molar-refractivity contribution < 1.29 is 12.8 Å². The predicted octanol–water partition coefficient (Wildman–Crippen LogP) is 4.51. The van der Waals surface area contributed by atoms with E-state index < -0.39 is 15.3 Å². The molecule has 0 fully saturated rings. The molecule has 0 aliphatic rings. The van der Waals surface area contributed by atoms with Crippen LogP contribution in [0.15, 0.2) is 53.3 Å². The molecule has 0 bridgehead atoms. The molecule has 0 saturated carbocycles. The van der Waals surface area contributed by atoms with Gasteiger partial charge in [-0.2, -0.15) is 0 Å². The van der Waals surface area contributed by atoms with Crippen LogP contribution in [0.3, 0.4) is 0 Å². The zero-order valence-corrected chi connectivity index (χ0v) is 19.6. The van der Waals surface area contributed by atoms with Gasteiger partial charge in [0.05, 0.1) is 10.8 Å². The molecule has 8 heteroatoms. The van der Waals surface area contributed by atoms with E-state index in [9.17, 15) is 8.42 Å². The van der Waals surface area contributed by atoms with Crippen LogP contribution in [-0.4, -0.2) is 42.1 Å². The van der Waals surface area contributed by atoms with Crippen LogP contribution in [0.25, 0.3) is 21.9 Å². The molecule has 7 nitrogen and oxygen atoms in total. The summed E-state index contributed by atoms with van der Waals surface area (Å²) in [5, 5.41) is 1.50. The van der Waals surface area contributed by atoms with Gasteiger partial charge in [0, 0.05) is 41.3 Å². The van der Waals surface area contributed by atoms with Crippen molar-refractivity contribution in [3.05, 3.63) is 65.8 Å². The molecule has 0 atom stereocenters. The Morgan fingerprint density at radius 2 is 1.97 bits per heavy atom. The minimum Gasteiger partial charge on any atom is -0.461 e. The Morgan fingerprint density at radius 3 is 2.75 bits per heavy atom. The molecule has 4 aromatic rings. The number of anilines is 1. The second-order valence-electron chi connectivity index (χ2n) is 8.40. The largest absolute Gasteiger partial charge is 0.461 e. The fraction of sp³-hybridized carbons (Fsp3) is 0.333. The first-order valence-electron chi connectivity index (χ1n) is 10.6. The van der Waals surface area contributed by atoms with Gasteiger partial charge in [-0.1, -0.05) is 12.1 Å². The molecule has 0 amide bonds. The molecule has 0 spiro atoms. The number of sulfonamides is 1. The number of rotatable bonds is 8. The highest BCUT2D eigenvalue weighted by Crippen LogP contribution is 2.29. The Bertz CT molecular complexity index is 1360. The minimum absolute atomic E-state index is 0.503. The molecular formula is C24H28N4O3S. The van der Waals surface area contributed by atoms with E-state index >= 15 is 0 Å². The summed E-state index contributed by atoms with van der Waals surface area (Å²) >= 11 is 0. The van der Waals surface area contributed by atoms with Gasteiger partial charge < -0.3 is 9.32 Å². The molecule has 168 valence electrons. The molecule has 0 aliphatic heterocycles. The van der Waals surface area contributed by atoms with E-state index in [0.717, 1.165) is 52.7 Å². The first kappa shape index (κ1) is 22.2. The van der Waals surface area contributed by atoms with E-state index in [4.69, 9.17) is 4.42 Å². The number of aryl methyl sites for hydroxylation is 1. The Labute approximate surface area is 188 Å². The first-order valence-corrected chi connectivity index (χ1v) is 12.2. The van der Waals surface area contributed by atoms with E-state index in [1.54, 1.807) is 26.2 Å². The summed E-state index contributed by atoms with van der Waals surface area (Å²) in [6.45, 7) is 6.87. The van der Waals surface area contributed by atoms with Crippen LogP contribution in [0, 0.1) is 6.92 Å². The van der Waals surface area contributed by atoms with Crippen molar-refractivity contribution in [1.82, 2.24) is 14.9 Å². The van der Waals surface area contributed by atoms with Gasteiger partial charge in [0.15, 0.2) is 0 Å². The van der Waals surface area contributed by atoms with Crippen molar-refractivity contribution in [3.63, 3.8) is 0 Å². The molecule has 2 aromatic heterocycles. The quantitative estimate of drug-likeness (QED) is 0.423. The van der Waals surface area contributed by atoms with E-state index in [1.807, 2.05) is 37.4 Å². The maximum atomic E-state index is 12.3. The van der Waals surface area contributed by atoms with Crippen LogP contribution in [0.1, 0.15) is 30.7 Å². The average molecular weight is 453 g/mol. The van der Waals surface area contributed by atoms with Gasteiger partial charge >= 0.3 is 0 Å². The van der Waals surface area contributed by atoms with Crippen LogP contribution in [0.5, 0.6) is 0 Å². The van der Waals surface area contributed by atoms with Crippen LogP contribution in [0.4, 0.5) is 5.69 Å². The number of hydrogen-bond donors (Lipinski definition) is 1. The fourth-order valence-electron chi connectivity index (χ4n) is 3.80. The summed E-state index contributed by atoms with van der Waals surface area (Å²) < 4.78 is 33.1. The number of fused-ring (bicyclic) bond motifs is 2. The number of hydrogen-bond acceptors (Lipinski definition) is 6. The smallest absolute Gasteiger partial charge is 0.235 e. The maximum absolute atomic E-state index is 12.3. The highest BCUT2D eigenvalue weighted by atomic mass is 32.2. The summed E-state index contributed by atoms with van der Waals surface area (Å²) in [6, 6.07) is 11.5. The zero-order chi connectivity index (χ0) is 22.9. The molecule has 0 saturated heterocycles. The molecule has 4 rings (SSSR count). The number of aromatic nitrogens is 2. The maximum Gasteiger partial charge on any atom is 0.235 e. The van der Waals surface area contributed by atoms with Gasteiger partial charge in [-0.05, 0) is 64.1 Å².